The number of hydrogen-bond acceptors (Lipinski definition) is 8. The first-order valence-electron chi connectivity index (χ1n) is 10.0. The largest absolute Gasteiger partial charge is 0.510 e. The van der Waals surface area contributed by atoms with Crippen molar-refractivity contribution in [3.8, 4) is 5.75 Å². The zero-order valence-electron chi connectivity index (χ0n) is 17.3. The number of nitrogens with zero attached hydrogens (tertiary/aromatic N) is 1. The average molecular weight is 427 g/mol. The molecule has 3 aliphatic carbocycles. The lowest BCUT2D eigenvalue weighted by atomic mass is 9.59. The van der Waals surface area contributed by atoms with Crippen molar-refractivity contribution in [2.45, 2.75) is 25.4 Å². The molecule has 4 atom stereocenters. The predicted octanol–water partition coefficient (Wildman–Crippen LogP) is 0.308. The standard InChI is InChI=1S/C22H25N3O6/c1-25(2)17-11-6-9-5-10-8(7-23)3-4-12(26)14(10)18(27)13(9)19(28)15(11)20(29)16(21(17)30)22(24)31/h3-4,9,11,15,17,26-27,30H,5-7,23H2,1-2H3,(H2,24,31)/t9-,11+,15?,17-/m0/s1. The Morgan fingerprint density at radius 2 is 1.84 bits per heavy atom. The smallest absolute Gasteiger partial charge is 0.255 e. The molecule has 0 radical (unpaired) electrons. The molecular weight excluding hydrogens is 402 g/mol. The molecule has 1 fully saturated rings. The van der Waals surface area contributed by atoms with Crippen LogP contribution in [-0.2, 0) is 27.3 Å². The van der Waals surface area contributed by atoms with Gasteiger partial charge in [-0.15, -0.1) is 0 Å². The van der Waals surface area contributed by atoms with Crippen molar-refractivity contribution in [2.24, 2.45) is 29.2 Å². The van der Waals surface area contributed by atoms with Crippen LogP contribution >= 0.6 is 0 Å². The fourth-order valence-electron chi connectivity index (χ4n) is 5.52. The molecule has 9 nitrogen and oxygen atoms in total. The monoisotopic (exact) mass is 427 g/mol. The Hall–Kier alpha value is -3.17. The number of phenolic OH excluding ortho intramolecular Hbond substituents is 1. The van der Waals surface area contributed by atoms with Gasteiger partial charge in [0.1, 0.15) is 22.8 Å². The molecule has 1 amide bonds. The van der Waals surface area contributed by atoms with E-state index >= 15 is 0 Å². The maximum atomic E-state index is 13.5. The molecule has 31 heavy (non-hydrogen) atoms. The number of rotatable bonds is 3. The Morgan fingerprint density at radius 1 is 1.16 bits per heavy atom. The Labute approximate surface area is 178 Å². The molecular formula is C22H25N3O6. The van der Waals surface area contributed by atoms with Gasteiger partial charge < -0.3 is 26.8 Å². The Balaban J connectivity index is 1.91. The SMILES string of the molecule is CN(C)[C@@H]1C(O)=C(C(N)=O)C(=O)C2C(=O)C3=C(O)c4c(O)ccc(CN)c4C[C@H]3C[C@H]21. The number of carbonyl (C=O) groups excluding carboxylic acids is 3. The molecule has 0 aliphatic heterocycles. The number of ketones is 2. The van der Waals surface area contributed by atoms with Gasteiger partial charge in [-0.05, 0) is 56.0 Å². The fourth-order valence-corrected chi connectivity index (χ4v) is 5.52. The molecule has 164 valence electrons. The molecule has 1 saturated carbocycles. The number of benzene rings is 1. The second-order valence-corrected chi connectivity index (χ2v) is 8.60. The molecule has 0 aromatic heterocycles. The van der Waals surface area contributed by atoms with Gasteiger partial charge in [-0.2, -0.15) is 0 Å². The summed E-state index contributed by atoms with van der Waals surface area (Å²) in [5, 5.41) is 32.0. The number of aromatic hydroxyl groups is 1. The number of Topliss-reactive ketones (excluding diaryl/α,β-unsaturated/α-hetero) is 2. The number of likely N-dealkylation sites (N-methyl/N-ethyl adjacent to an activating group) is 1. The fraction of sp³-hybridized carbons (Fsp3) is 0.409. The summed E-state index contributed by atoms with van der Waals surface area (Å²) in [6.07, 6.45) is 0.672. The first kappa shape index (κ1) is 21.1. The van der Waals surface area contributed by atoms with Crippen LogP contribution in [0.2, 0.25) is 0 Å². The number of hydrogen-bond donors (Lipinski definition) is 5. The molecule has 0 saturated heterocycles. The highest BCUT2D eigenvalue weighted by Crippen LogP contribution is 2.50. The van der Waals surface area contributed by atoms with Crippen LogP contribution in [0.1, 0.15) is 23.1 Å². The van der Waals surface area contributed by atoms with E-state index < -0.39 is 52.6 Å². The van der Waals surface area contributed by atoms with E-state index in [1.54, 1.807) is 25.1 Å². The van der Waals surface area contributed by atoms with E-state index in [0.29, 0.717) is 18.4 Å². The molecule has 0 spiro atoms. The molecule has 4 rings (SSSR count). The van der Waals surface area contributed by atoms with Crippen LogP contribution in [0.3, 0.4) is 0 Å². The quantitative estimate of drug-likeness (QED) is 0.339. The van der Waals surface area contributed by atoms with Crippen molar-refractivity contribution in [1.82, 2.24) is 4.90 Å². The molecule has 1 aromatic carbocycles. The van der Waals surface area contributed by atoms with Crippen LogP contribution in [0.5, 0.6) is 5.75 Å². The van der Waals surface area contributed by atoms with E-state index in [9.17, 15) is 29.7 Å². The highest BCUT2D eigenvalue weighted by Gasteiger charge is 2.55. The van der Waals surface area contributed by atoms with Crippen molar-refractivity contribution in [1.29, 1.82) is 0 Å². The lowest BCUT2D eigenvalue weighted by Crippen LogP contribution is -2.55. The number of fused-ring (bicyclic) bond motifs is 3. The number of aliphatic hydroxyl groups is 2. The van der Waals surface area contributed by atoms with Crippen LogP contribution in [0.25, 0.3) is 5.76 Å². The lowest BCUT2D eigenvalue weighted by molar-refractivity contribution is -0.136. The summed E-state index contributed by atoms with van der Waals surface area (Å²) in [5.74, 6) is -5.78. The van der Waals surface area contributed by atoms with Gasteiger partial charge in [-0.1, -0.05) is 6.07 Å². The van der Waals surface area contributed by atoms with Crippen molar-refractivity contribution in [3.05, 3.63) is 45.7 Å². The molecule has 9 heteroatoms. The Bertz CT molecular complexity index is 1090. The average Bonchev–Trinajstić information content (AvgIpc) is 2.67. The molecule has 0 bridgehead atoms. The summed E-state index contributed by atoms with van der Waals surface area (Å²) in [6.45, 7) is 0.197. The Kier molecular flexibility index (Phi) is 4.90. The first-order chi connectivity index (χ1) is 14.6. The van der Waals surface area contributed by atoms with Crippen LogP contribution in [0.4, 0.5) is 0 Å². The number of nitrogens with two attached hydrogens (primary N) is 2. The normalized spacial score (nSPS) is 27.9. The highest BCUT2D eigenvalue weighted by molar-refractivity contribution is 6.28. The van der Waals surface area contributed by atoms with E-state index in [1.807, 2.05) is 0 Å². The van der Waals surface area contributed by atoms with E-state index in [1.165, 1.54) is 6.07 Å². The number of carbonyl (C=O) groups is 3. The number of amides is 1. The second kappa shape index (κ2) is 7.21. The number of aliphatic hydroxyl groups excluding tert-OH is 2. The maximum absolute atomic E-state index is 13.5. The van der Waals surface area contributed by atoms with Gasteiger partial charge in [0.2, 0.25) is 0 Å². The van der Waals surface area contributed by atoms with Crippen LogP contribution < -0.4 is 11.5 Å². The van der Waals surface area contributed by atoms with Crippen molar-refractivity contribution in [2.75, 3.05) is 14.1 Å². The highest BCUT2D eigenvalue weighted by atomic mass is 16.3. The first-order valence-corrected chi connectivity index (χ1v) is 10.0. The third kappa shape index (κ3) is 2.88. The molecule has 1 unspecified atom stereocenters. The summed E-state index contributed by atoms with van der Waals surface area (Å²) in [4.78, 5) is 40.1. The minimum atomic E-state index is -1.25. The van der Waals surface area contributed by atoms with Gasteiger partial charge in [0.05, 0.1) is 17.5 Å². The van der Waals surface area contributed by atoms with Crippen molar-refractivity contribution < 1.29 is 29.7 Å². The molecule has 0 heterocycles. The molecule has 1 aromatic rings. The summed E-state index contributed by atoms with van der Waals surface area (Å²) in [6, 6.07) is 2.34. The molecule has 7 N–H and O–H groups in total. The number of allylic oxidation sites excluding steroid dienone is 1. The predicted molar refractivity (Wildman–Crippen MR) is 111 cm³/mol. The summed E-state index contributed by atoms with van der Waals surface area (Å²) >= 11 is 0. The second-order valence-electron chi connectivity index (χ2n) is 8.60. The Morgan fingerprint density at radius 3 is 2.42 bits per heavy atom. The molecule has 3 aliphatic rings. The van der Waals surface area contributed by atoms with E-state index in [0.717, 1.165) is 5.56 Å². The van der Waals surface area contributed by atoms with E-state index in [2.05, 4.69) is 0 Å². The zero-order chi connectivity index (χ0) is 22.8. The van der Waals surface area contributed by atoms with Crippen LogP contribution in [-0.4, -0.2) is 57.8 Å². The topological polar surface area (TPSA) is 167 Å². The van der Waals surface area contributed by atoms with Gasteiger partial charge >= 0.3 is 0 Å². The summed E-state index contributed by atoms with van der Waals surface area (Å²) in [7, 11) is 3.36. The number of primary amides is 1. The third-order valence-corrected chi connectivity index (χ3v) is 6.76. The van der Waals surface area contributed by atoms with Crippen LogP contribution in [0.15, 0.2) is 29.0 Å². The van der Waals surface area contributed by atoms with E-state index in [4.69, 9.17) is 11.5 Å². The van der Waals surface area contributed by atoms with E-state index in [-0.39, 0.29) is 29.2 Å². The minimum Gasteiger partial charge on any atom is -0.510 e. The summed E-state index contributed by atoms with van der Waals surface area (Å²) in [5.41, 5.74) is 12.2. The summed E-state index contributed by atoms with van der Waals surface area (Å²) < 4.78 is 0. The number of phenols is 1. The minimum absolute atomic E-state index is 0.0642. The van der Waals surface area contributed by atoms with Gasteiger partial charge in [0, 0.05) is 12.1 Å². The van der Waals surface area contributed by atoms with Crippen LogP contribution in [0, 0.1) is 17.8 Å². The third-order valence-electron chi connectivity index (χ3n) is 6.76. The van der Waals surface area contributed by atoms with Gasteiger partial charge in [-0.3, -0.25) is 19.3 Å². The van der Waals surface area contributed by atoms with Gasteiger partial charge in [0.25, 0.3) is 5.91 Å². The van der Waals surface area contributed by atoms with Crippen molar-refractivity contribution >= 4 is 23.2 Å². The lowest BCUT2D eigenvalue weighted by Gasteiger charge is -2.46. The van der Waals surface area contributed by atoms with Gasteiger partial charge in [0.15, 0.2) is 11.6 Å². The zero-order valence-corrected chi connectivity index (χ0v) is 17.3. The maximum Gasteiger partial charge on any atom is 0.255 e. The van der Waals surface area contributed by atoms with Crippen molar-refractivity contribution in [3.63, 3.8) is 0 Å². The van der Waals surface area contributed by atoms with Gasteiger partial charge in [-0.25, -0.2) is 0 Å².